The summed E-state index contributed by atoms with van der Waals surface area (Å²) in [5.41, 5.74) is 3.17. The molecule has 0 saturated heterocycles. The molecule has 0 atom stereocenters. The van der Waals surface area contributed by atoms with Crippen molar-refractivity contribution in [3.05, 3.63) is 57.4 Å². The molecule has 142 valence electrons. The Labute approximate surface area is 169 Å². The molecule has 0 radical (unpaired) electrons. The number of ether oxygens (including phenoxy) is 1. The topological polar surface area (TPSA) is 38.3 Å². The number of para-hydroxylation sites is 1. The van der Waals surface area contributed by atoms with E-state index in [0.717, 1.165) is 32.6 Å². The fourth-order valence-corrected chi connectivity index (χ4v) is 4.57. The largest absolute Gasteiger partial charge is 0.497 e. The third-order valence-corrected chi connectivity index (χ3v) is 6.33. The number of carbonyl (C=O) groups is 1. The van der Waals surface area contributed by atoms with Gasteiger partial charge in [0, 0.05) is 15.8 Å². The quantitative estimate of drug-likeness (QED) is 0.496. The standard InChI is InChI=1S/C22H24ClNO2S/c1-12(2)15-7-6-8-16(13(3)4)20(15)24-22(25)21-19(23)17-11-14(26-5)9-10-18(17)27-21/h6-13H,1-5H3,(H,24,25). The van der Waals surface area contributed by atoms with Gasteiger partial charge in [-0.3, -0.25) is 4.79 Å². The first-order chi connectivity index (χ1) is 12.8. The Balaban J connectivity index is 2.04. The maximum absolute atomic E-state index is 13.1. The first-order valence-corrected chi connectivity index (χ1v) is 10.2. The summed E-state index contributed by atoms with van der Waals surface area (Å²) in [6.07, 6.45) is 0. The SMILES string of the molecule is COc1ccc2sc(C(=O)Nc3c(C(C)C)cccc3C(C)C)c(Cl)c2c1. The second-order valence-corrected chi connectivity index (χ2v) is 8.61. The number of anilines is 1. The van der Waals surface area contributed by atoms with Crippen LogP contribution in [0.2, 0.25) is 5.02 Å². The zero-order chi connectivity index (χ0) is 19.7. The molecule has 0 aliphatic heterocycles. The van der Waals surface area contributed by atoms with Crippen molar-refractivity contribution in [2.75, 3.05) is 12.4 Å². The van der Waals surface area contributed by atoms with E-state index in [2.05, 4.69) is 51.2 Å². The Morgan fingerprint density at radius 1 is 1.07 bits per heavy atom. The van der Waals surface area contributed by atoms with Crippen LogP contribution in [-0.2, 0) is 0 Å². The van der Waals surface area contributed by atoms with Gasteiger partial charge in [0.1, 0.15) is 10.6 Å². The second kappa shape index (κ2) is 7.91. The molecule has 1 N–H and O–H groups in total. The van der Waals surface area contributed by atoms with Crippen LogP contribution < -0.4 is 10.1 Å². The molecule has 3 aromatic rings. The van der Waals surface area contributed by atoms with Gasteiger partial charge in [-0.05, 0) is 41.2 Å². The molecule has 5 heteroatoms. The lowest BCUT2D eigenvalue weighted by molar-refractivity contribution is 0.103. The summed E-state index contributed by atoms with van der Waals surface area (Å²) in [5.74, 6) is 1.17. The minimum atomic E-state index is -0.171. The number of amides is 1. The lowest BCUT2D eigenvalue weighted by Crippen LogP contribution is -2.15. The lowest BCUT2D eigenvalue weighted by atomic mass is 9.92. The monoisotopic (exact) mass is 401 g/mol. The van der Waals surface area contributed by atoms with E-state index < -0.39 is 0 Å². The van der Waals surface area contributed by atoms with E-state index in [1.807, 2.05) is 18.2 Å². The summed E-state index contributed by atoms with van der Waals surface area (Å²) in [4.78, 5) is 13.6. The molecule has 0 bridgehead atoms. The number of methoxy groups -OCH3 is 1. The Hall–Kier alpha value is -2.04. The van der Waals surface area contributed by atoms with Gasteiger partial charge in [0.25, 0.3) is 5.91 Å². The van der Waals surface area contributed by atoms with E-state index in [1.54, 1.807) is 7.11 Å². The first-order valence-electron chi connectivity index (χ1n) is 9.03. The van der Waals surface area contributed by atoms with Crippen LogP contribution in [0.5, 0.6) is 5.75 Å². The maximum Gasteiger partial charge on any atom is 0.267 e. The summed E-state index contributed by atoms with van der Waals surface area (Å²) in [6.45, 7) is 8.53. The molecular formula is C22H24ClNO2S. The van der Waals surface area contributed by atoms with E-state index in [9.17, 15) is 4.79 Å². The maximum atomic E-state index is 13.1. The number of hydrogen-bond donors (Lipinski definition) is 1. The van der Waals surface area contributed by atoms with Gasteiger partial charge >= 0.3 is 0 Å². The van der Waals surface area contributed by atoms with Gasteiger partial charge in [-0.2, -0.15) is 0 Å². The molecule has 3 nitrogen and oxygen atoms in total. The predicted molar refractivity (Wildman–Crippen MR) is 116 cm³/mol. The van der Waals surface area contributed by atoms with Crippen LogP contribution in [0.25, 0.3) is 10.1 Å². The van der Waals surface area contributed by atoms with E-state index in [1.165, 1.54) is 11.3 Å². The highest BCUT2D eigenvalue weighted by atomic mass is 35.5. The first kappa shape index (κ1) is 19.7. The molecule has 0 unspecified atom stereocenters. The van der Waals surface area contributed by atoms with Crippen molar-refractivity contribution in [1.82, 2.24) is 0 Å². The Bertz CT molecular complexity index is 965. The number of halogens is 1. The normalized spacial score (nSPS) is 11.4. The molecule has 0 saturated carbocycles. The number of thiophene rings is 1. The minimum Gasteiger partial charge on any atom is -0.497 e. The molecular weight excluding hydrogens is 378 g/mol. The second-order valence-electron chi connectivity index (χ2n) is 7.18. The highest BCUT2D eigenvalue weighted by Gasteiger charge is 2.21. The van der Waals surface area contributed by atoms with Gasteiger partial charge in [-0.15, -0.1) is 11.3 Å². The summed E-state index contributed by atoms with van der Waals surface area (Å²) in [5, 5.41) is 4.46. The van der Waals surface area contributed by atoms with Crippen LogP contribution in [0.3, 0.4) is 0 Å². The van der Waals surface area contributed by atoms with Crippen molar-refractivity contribution in [2.24, 2.45) is 0 Å². The predicted octanol–water partition coefficient (Wildman–Crippen LogP) is 7.06. The summed E-state index contributed by atoms with van der Waals surface area (Å²) in [6, 6.07) is 11.9. The fourth-order valence-electron chi connectivity index (χ4n) is 3.19. The van der Waals surface area contributed by atoms with Crippen LogP contribution in [0.4, 0.5) is 5.69 Å². The van der Waals surface area contributed by atoms with Crippen molar-refractivity contribution < 1.29 is 9.53 Å². The molecule has 1 aromatic heterocycles. The van der Waals surface area contributed by atoms with Crippen molar-refractivity contribution in [3.8, 4) is 5.75 Å². The number of fused-ring (bicyclic) bond motifs is 1. The molecule has 3 rings (SSSR count). The zero-order valence-corrected chi connectivity index (χ0v) is 17.8. The molecule has 0 fully saturated rings. The molecule has 0 aliphatic rings. The molecule has 2 aromatic carbocycles. The third-order valence-electron chi connectivity index (χ3n) is 4.65. The van der Waals surface area contributed by atoms with Crippen LogP contribution in [0, 0.1) is 0 Å². The highest BCUT2D eigenvalue weighted by molar-refractivity contribution is 7.21. The number of rotatable bonds is 5. The van der Waals surface area contributed by atoms with E-state index in [4.69, 9.17) is 16.3 Å². The number of nitrogens with one attached hydrogen (secondary N) is 1. The average Bonchev–Trinajstić information content (AvgIpc) is 2.97. The van der Waals surface area contributed by atoms with E-state index in [0.29, 0.717) is 21.7 Å². The van der Waals surface area contributed by atoms with Crippen LogP contribution in [0.15, 0.2) is 36.4 Å². The van der Waals surface area contributed by atoms with Gasteiger partial charge in [0.05, 0.1) is 12.1 Å². The summed E-state index contributed by atoms with van der Waals surface area (Å²) >= 11 is 7.95. The van der Waals surface area contributed by atoms with Crippen LogP contribution in [-0.4, -0.2) is 13.0 Å². The van der Waals surface area contributed by atoms with Crippen LogP contribution >= 0.6 is 22.9 Å². The van der Waals surface area contributed by atoms with Gasteiger partial charge in [0.2, 0.25) is 0 Å². The summed E-state index contributed by atoms with van der Waals surface area (Å²) < 4.78 is 6.24. The van der Waals surface area contributed by atoms with Gasteiger partial charge in [-0.25, -0.2) is 0 Å². The van der Waals surface area contributed by atoms with Crippen LogP contribution in [0.1, 0.15) is 60.3 Å². The molecule has 1 heterocycles. The Kier molecular flexibility index (Phi) is 5.78. The smallest absolute Gasteiger partial charge is 0.267 e. The minimum absolute atomic E-state index is 0.171. The fraction of sp³-hybridized carbons (Fsp3) is 0.318. The van der Waals surface area contributed by atoms with Crippen molar-refractivity contribution >= 4 is 44.6 Å². The molecule has 27 heavy (non-hydrogen) atoms. The third kappa shape index (κ3) is 3.83. The number of carbonyl (C=O) groups excluding carboxylic acids is 1. The van der Waals surface area contributed by atoms with Gasteiger partial charge in [-0.1, -0.05) is 57.5 Å². The highest BCUT2D eigenvalue weighted by Crippen LogP contribution is 2.39. The van der Waals surface area contributed by atoms with Crippen molar-refractivity contribution in [3.63, 3.8) is 0 Å². The van der Waals surface area contributed by atoms with E-state index in [-0.39, 0.29) is 5.91 Å². The summed E-state index contributed by atoms with van der Waals surface area (Å²) in [7, 11) is 1.62. The molecule has 0 aliphatic carbocycles. The Morgan fingerprint density at radius 2 is 1.70 bits per heavy atom. The zero-order valence-electron chi connectivity index (χ0n) is 16.2. The van der Waals surface area contributed by atoms with Crippen molar-refractivity contribution in [1.29, 1.82) is 0 Å². The molecule has 1 amide bonds. The number of hydrogen-bond acceptors (Lipinski definition) is 3. The van der Waals surface area contributed by atoms with Gasteiger partial charge < -0.3 is 10.1 Å². The number of benzene rings is 2. The van der Waals surface area contributed by atoms with Crippen molar-refractivity contribution in [2.45, 2.75) is 39.5 Å². The average molecular weight is 402 g/mol. The lowest BCUT2D eigenvalue weighted by Gasteiger charge is -2.20. The van der Waals surface area contributed by atoms with E-state index >= 15 is 0 Å². The Morgan fingerprint density at radius 3 is 2.26 bits per heavy atom. The van der Waals surface area contributed by atoms with Gasteiger partial charge in [0.15, 0.2) is 0 Å². The molecule has 0 spiro atoms.